The smallest absolute Gasteiger partial charge is 0.213 e. The van der Waals surface area contributed by atoms with Crippen LogP contribution in [0.2, 0.25) is 0 Å². The largest absolute Gasteiger partial charge is 0.292 e. The van der Waals surface area contributed by atoms with Crippen LogP contribution in [0, 0.1) is 5.41 Å². The summed E-state index contributed by atoms with van der Waals surface area (Å²) in [5, 5.41) is 0. The summed E-state index contributed by atoms with van der Waals surface area (Å²) < 4.78 is 25.9. The second kappa shape index (κ2) is 6.67. The third-order valence-corrected chi connectivity index (χ3v) is 8.66. The van der Waals surface area contributed by atoms with Crippen LogP contribution in [-0.2, 0) is 10.0 Å². The summed E-state index contributed by atoms with van der Waals surface area (Å²) in [4.78, 5) is 2.69. The molecule has 0 radical (unpaired) electrons. The van der Waals surface area contributed by atoms with Crippen molar-refractivity contribution in [2.75, 3.05) is 25.4 Å². The lowest BCUT2D eigenvalue weighted by atomic mass is 9.66. The SMILES string of the molecule is CCS(=O)(=O)N1CCC(N2CC3(CCCC3)C2c2ccccc2)CC1. The molecule has 0 bridgehead atoms. The van der Waals surface area contributed by atoms with E-state index >= 15 is 0 Å². The first-order valence-electron chi connectivity index (χ1n) is 9.84. The van der Waals surface area contributed by atoms with Gasteiger partial charge in [0.05, 0.1) is 5.75 Å². The molecule has 1 saturated carbocycles. The molecule has 25 heavy (non-hydrogen) atoms. The molecular formula is C20H30N2O2S. The van der Waals surface area contributed by atoms with Crippen LogP contribution in [0.1, 0.15) is 57.1 Å². The Morgan fingerprint density at radius 3 is 2.32 bits per heavy atom. The number of hydrogen-bond acceptors (Lipinski definition) is 3. The van der Waals surface area contributed by atoms with Gasteiger partial charge >= 0.3 is 0 Å². The first kappa shape index (κ1) is 17.5. The Labute approximate surface area is 152 Å². The Morgan fingerprint density at radius 2 is 1.72 bits per heavy atom. The highest BCUT2D eigenvalue weighted by atomic mass is 32.2. The van der Waals surface area contributed by atoms with Gasteiger partial charge in [-0.2, -0.15) is 0 Å². The van der Waals surface area contributed by atoms with Crippen LogP contribution in [0.5, 0.6) is 0 Å². The third kappa shape index (κ3) is 3.04. The average molecular weight is 363 g/mol. The van der Waals surface area contributed by atoms with Crippen molar-refractivity contribution in [2.24, 2.45) is 5.41 Å². The Balaban J connectivity index is 1.49. The van der Waals surface area contributed by atoms with Crippen LogP contribution in [0.3, 0.4) is 0 Å². The van der Waals surface area contributed by atoms with Crippen LogP contribution >= 0.6 is 0 Å². The van der Waals surface area contributed by atoms with E-state index in [9.17, 15) is 8.42 Å². The van der Waals surface area contributed by atoms with Crippen LogP contribution in [0.25, 0.3) is 0 Å². The predicted molar refractivity (Wildman–Crippen MR) is 101 cm³/mol. The molecule has 2 saturated heterocycles. The van der Waals surface area contributed by atoms with E-state index < -0.39 is 10.0 Å². The molecule has 2 aliphatic heterocycles. The van der Waals surface area contributed by atoms with Crippen molar-refractivity contribution < 1.29 is 8.42 Å². The zero-order valence-corrected chi connectivity index (χ0v) is 16.0. The molecular weight excluding hydrogens is 332 g/mol. The monoisotopic (exact) mass is 362 g/mol. The highest BCUT2D eigenvalue weighted by Gasteiger charge is 2.55. The molecule has 0 amide bonds. The van der Waals surface area contributed by atoms with E-state index in [1.165, 1.54) is 37.8 Å². The first-order chi connectivity index (χ1) is 12.1. The summed E-state index contributed by atoms with van der Waals surface area (Å²) in [6.07, 6.45) is 7.38. The number of nitrogens with zero attached hydrogens (tertiary/aromatic N) is 2. The highest BCUT2D eigenvalue weighted by molar-refractivity contribution is 7.89. The topological polar surface area (TPSA) is 40.6 Å². The van der Waals surface area contributed by atoms with Crippen molar-refractivity contribution in [1.29, 1.82) is 0 Å². The zero-order valence-electron chi connectivity index (χ0n) is 15.2. The molecule has 1 aromatic carbocycles. The van der Waals surface area contributed by atoms with Gasteiger partial charge in [0.2, 0.25) is 10.0 Å². The molecule has 1 aromatic rings. The van der Waals surface area contributed by atoms with Gasteiger partial charge in [0.15, 0.2) is 0 Å². The van der Waals surface area contributed by atoms with Gasteiger partial charge in [0, 0.05) is 37.1 Å². The van der Waals surface area contributed by atoms with Crippen molar-refractivity contribution in [2.45, 2.75) is 57.5 Å². The van der Waals surface area contributed by atoms with Crippen LogP contribution in [-0.4, -0.2) is 49.1 Å². The lowest BCUT2D eigenvalue weighted by Crippen LogP contribution is -2.62. The van der Waals surface area contributed by atoms with E-state index in [2.05, 4.69) is 35.2 Å². The Kier molecular flexibility index (Phi) is 4.67. The predicted octanol–water partition coefficient (Wildman–Crippen LogP) is 3.42. The molecule has 138 valence electrons. The average Bonchev–Trinajstić information content (AvgIpc) is 3.12. The molecule has 3 aliphatic rings. The van der Waals surface area contributed by atoms with Crippen LogP contribution in [0.15, 0.2) is 30.3 Å². The third-order valence-electron chi connectivity index (χ3n) is 6.77. The van der Waals surface area contributed by atoms with Crippen LogP contribution in [0.4, 0.5) is 0 Å². The Hall–Kier alpha value is -0.910. The fourth-order valence-electron chi connectivity index (χ4n) is 5.45. The molecule has 1 atom stereocenters. The van der Waals surface area contributed by atoms with Crippen LogP contribution < -0.4 is 0 Å². The summed E-state index contributed by atoms with van der Waals surface area (Å²) >= 11 is 0. The van der Waals surface area contributed by atoms with Crippen molar-refractivity contribution in [1.82, 2.24) is 9.21 Å². The standard InChI is InChI=1S/C20H30N2O2S/c1-2-25(23,24)21-14-10-18(11-15-21)22-16-20(12-6-7-13-20)19(22)17-8-4-3-5-9-17/h3-5,8-9,18-19H,2,6-7,10-16H2,1H3. The number of rotatable bonds is 4. The summed E-state index contributed by atoms with van der Waals surface area (Å²) in [7, 11) is -3.03. The molecule has 0 N–H and O–H groups in total. The van der Waals surface area contributed by atoms with Crippen molar-refractivity contribution in [3.8, 4) is 0 Å². The molecule has 1 unspecified atom stereocenters. The maximum atomic E-state index is 12.1. The number of benzene rings is 1. The van der Waals surface area contributed by atoms with E-state index in [-0.39, 0.29) is 5.75 Å². The van der Waals surface area contributed by atoms with Crippen molar-refractivity contribution in [3.05, 3.63) is 35.9 Å². The minimum Gasteiger partial charge on any atom is -0.292 e. The van der Waals surface area contributed by atoms with Gasteiger partial charge in [-0.1, -0.05) is 43.2 Å². The van der Waals surface area contributed by atoms with E-state index in [4.69, 9.17) is 0 Å². The molecule has 0 aromatic heterocycles. The van der Waals surface area contributed by atoms with Crippen molar-refractivity contribution >= 4 is 10.0 Å². The minimum absolute atomic E-state index is 0.219. The van der Waals surface area contributed by atoms with E-state index in [1.54, 1.807) is 11.2 Å². The molecule has 1 spiro atoms. The first-order valence-corrected chi connectivity index (χ1v) is 11.5. The highest BCUT2D eigenvalue weighted by Crippen LogP contribution is 2.59. The van der Waals surface area contributed by atoms with E-state index in [1.807, 2.05) is 0 Å². The quantitative estimate of drug-likeness (QED) is 0.824. The van der Waals surface area contributed by atoms with Gasteiger partial charge in [-0.05, 0) is 38.2 Å². The lowest BCUT2D eigenvalue weighted by Gasteiger charge is -2.60. The summed E-state index contributed by atoms with van der Waals surface area (Å²) in [6.45, 7) is 4.32. The molecule has 3 fully saturated rings. The second-order valence-corrected chi connectivity index (χ2v) is 10.3. The number of likely N-dealkylation sites (tertiary alicyclic amines) is 1. The molecule has 1 aliphatic carbocycles. The summed E-state index contributed by atoms with van der Waals surface area (Å²) in [5.74, 6) is 0.219. The summed E-state index contributed by atoms with van der Waals surface area (Å²) in [5.41, 5.74) is 1.94. The summed E-state index contributed by atoms with van der Waals surface area (Å²) in [6, 6.07) is 12.1. The van der Waals surface area contributed by atoms with E-state index in [0.29, 0.717) is 30.6 Å². The van der Waals surface area contributed by atoms with Gasteiger partial charge < -0.3 is 0 Å². The second-order valence-electron chi connectivity index (χ2n) is 8.09. The lowest BCUT2D eigenvalue weighted by molar-refractivity contribution is -0.109. The van der Waals surface area contributed by atoms with Gasteiger partial charge in [-0.15, -0.1) is 0 Å². The molecule has 4 rings (SSSR count). The fourth-order valence-corrected chi connectivity index (χ4v) is 6.58. The van der Waals surface area contributed by atoms with E-state index in [0.717, 1.165) is 12.8 Å². The minimum atomic E-state index is -3.03. The van der Waals surface area contributed by atoms with Gasteiger partial charge in [-0.25, -0.2) is 12.7 Å². The van der Waals surface area contributed by atoms with Crippen molar-refractivity contribution in [3.63, 3.8) is 0 Å². The maximum Gasteiger partial charge on any atom is 0.213 e. The molecule has 5 heteroatoms. The molecule has 2 heterocycles. The number of sulfonamides is 1. The number of hydrogen-bond donors (Lipinski definition) is 0. The zero-order chi connectivity index (χ0) is 17.5. The fraction of sp³-hybridized carbons (Fsp3) is 0.700. The Morgan fingerprint density at radius 1 is 1.08 bits per heavy atom. The normalized spacial score (nSPS) is 28.3. The number of piperidine rings is 1. The maximum absolute atomic E-state index is 12.1. The van der Waals surface area contributed by atoms with Gasteiger partial charge in [0.25, 0.3) is 0 Å². The van der Waals surface area contributed by atoms with Gasteiger partial charge in [-0.3, -0.25) is 4.90 Å². The van der Waals surface area contributed by atoms with Gasteiger partial charge in [0.1, 0.15) is 0 Å². The Bertz CT molecular complexity index is 690. The molecule has 4 nitrogen and oxygen atoms in total.